The summed E-state index contributed by atoms with van der Waals surface area (Å²) in [6.45, 7) is 6.82. The van der Waals surface area contributed by atoms with E-state index < -0.39 is 46.4 Å². The van der Waals surface area contributed by atoms with Crippen molar-refractivity contribution < 1.29 is 38.1 Å². The van der Waals surface area contributed by atoms with Crippen molar-refractivity contribution in [3.05, 3.63) is 12.2 Å². The number of fused-ring (bicyclic) bond motifs is 2. The fourth-order valence-corrected chi connectivity index (χ4v) is 3.98. The van der Waals surface area contributed by atoms with Crippen LogP contribution in [0.5, 0.6) is 0 Å². The molecule has 170 valence electrons. The Labute approximate surface area is 182 Å². The molecule has 0 aromatic rings. The van der Waals surface area contributed by atoms with Gasteiger partial charge < -0.3 is 18.9 Å². The van der Waals surface area contributed by atoms with Gasteiger partial charge in [-0.05, 0) is 38.8 Å². The van der Waals surface area contributed by atoms with Crippen LogP contribution >= 0.6 is 0 Å². The lowest BCUT2D eigenvalue weighted by Gasteiger charge is -2.33. The molecule has 31 heavy (non-hydrogen) atoms. The number of rotatable bonds is 7. The molecule has 2 rings (SSSR count). The van der Waals surface area contributed by atoms with E-state index in [-0.39, 0.29) is 25.2 Å². The van der Waals surface area contributed by atoms with Gasteiger partial charge in [0, 0.05) is 24.9 Å². The fraction of sp³-hybridized carbons (Fsp3) is 0.652. The van der Waals surface area contributed by atoms with Crippen LogP contribution in [0.25, 0.3) is 0 Å². The topological polar surface area (TPSA) is 105 Å². The average Bonchev–Trinajstić information content (AvgIpc) is 3.05. The molecule has 8 heteroatoms. The Morgan fingerprint density at radius 2 is 1.94 bits per heavy atom. The zero-order valence-electron chi connectivity index (χ0n) is 18.9. The highest BCUT2D eigenvalue weighted by Gasteiger charge is 2.60. The predicted octanol–water partition coefficient (Wildman–Crippen LogP) is 1.99. The van der Waals surface area contributed by atoms with Gasteiger partial charge >= 0.3 is 11.9 Å². The van der Waals surface area contributed by atoms with Crippen molar-refractivity contribution in [2.45, 2.75) is 58.3 Å². The zero-order valence-corrected chi connectivity index (χ0v) is 18.9. The summed E-state index contributed by atoms with van der Waals surface area (Å²) in [5, 5.41) is 0. The van der Waals surface area contributed by atoms with Crippen LogP contribution < -0.4 is 0 Å². The lowest BCUT2D eigenvalue weighted by Crippen LogP contribution is -2.46. The van der Waals surface area contributed by atoms with E-state index in [1.165, 1.54) is 14.2 Å². The molecule has 0 aliphatic carbocycles. The maximum atomic E-state index is 13.5. The molecule has 0 N–H and O–H groups in total. The number of carbonyl (C=O) groups is 4. The summed E-state index contributed by atoms with van der Waals surface area (Å²) in [6.07, 6.45) is 3.61. The van der Waals surface area contributed by atoms with E-state index in [2.05, 4.69) is 16.6 Å². The minimum Gasteiger partial charge on any atom is -0.466 e. The lowest BCUT2D eigenvalue weighted by atomic mass is 9.70. The summed E-state index contributed by atoms with van der Waals surface area (Å²) in [6, 6.07) is 0. The molecule has 4 atom stereocenters. The first-order valence-corrected chi connectivity index (χ1v) is 10.2. The molecule has 0 spiro atoms. The van der Waals surface area contributed by atoms with E-state index >= 15 is 0 Å². The summed E-state index contributed by atoms with van der Waals surface area (Å²) in [7, 11) is 2.62. The largest absolute Gasteiger partial charge is 0.466 e. The summed E-state index contributed by atoms with van der Waals surface area (Å²) < 4.78 is 21.2. The van der Waals surface area contributed by atoms with Crippen molar-refractivity contribution in [2.24, 2.45) is 17.3 Å². The van der Waals surface area contributed by atoms with E-state index in [1.807, 2.05) is 0 Å². The lowest BCUT2D eigenvalue weighted by molar-refractivity contribution is -0.240. The first-order valence-electron chi connectivity index (χ1n) is 10.2. The van der Waals surface area contributed by atoms with Crippen molar-refractivity contribution in [2.75, 3.05) is 20.8 Å². The van der Waals surface area contributed by atoms with Crippen LogP contribution in [0, 0.1) is 29.1 Å². The number of hydrogen-bond donors (Lipinski definition) is 0. The third-order valence-electron chi connectivity index (χ3n) is 5.89. The van der Waals surface area contributed by atoms with Gasteiger partial charge in [0.15, 0.2) is 5.78 Å². The van der Waals surface area contributed by atoms with Gasteiger partial charge in [-0.3, -0.25) is 14.4 Å². The summed E-state index contributed by atoms with van der Waals surface area (Å²) in [5.41, 5.74) is -2.31. The van der Waals surface area contributed by atoms with Crippen molar-refractivity contribution in [3.8, 4) is 11.8 Å². The first-order chi connectivity index (χ1) is 14.5. The number of esters is 2. The van der Waals surface area contributed by atoms with Gasteiger partial charge in [0.1, 0.15) is 17.3 Å². The molecule has 0 aromatic heterocycles. The Hall–Kier alpha value is -2.50. The molecule has 1 saturated heterocycles. The molecule has 8 nitrogen and oxygen atoms in total. The molecule has 2 aliphatic rings. The monoisotopic (exact) mass is 434 g/mol. The second kappa shape index (κ2) is 9.33. The maximum Gasteiger partial charge on any atom is 0.384 e. The third kappa shape index (κ3) is 4.89. The fourth-order valence-electron chi connectivity index (χ4n) is 3.98. The summed E-state index contributed by atoms with van der Waals surface area (Å²) >= 11 is 0. The number of Topliss-reactive ketones (excluding diaryl/α,β-unsaturated/α-hetero) is 2. The Morgan fingerprint density at radius 3 is 2.52 bits per heavy atom. The highest BCUT2D eigenvalue weighted by atomic mass is 16.7. The SMILES string of the molecule is CCOC(=O)[C@H]1CC(C(=O)C(C)(C)CCC#CC(=O)OC)C(=O)[C@]2(C)C=C[C@@]1(OC)O2. The van der Waals surface area contributed by atoms with Gasteiger partial charge in [0.2, 0.25) is 5.79 Å². The maximum absolute atomic E-state index is 13.5. The van der Waals surface area contributed by atoms with E-state index in [1.54, 1.807) is 39.8 Å². The highest BCUT2D eigenvalue weighted by molar-refractivity contribution is 6.09. The smallest absolute Gasteiger partial charge is 0.384 e. The quantitative estimate of drug-likeness (QED) is 0.197. The van der Waals surface area contributed by atoms with E-state index in [0.29, 0.717) is 6.42 Å². The standard InChI is InChI=1S/C23H30O8/c1-7-30-20(27)16-14-15(19(26)22(4)12-13-23(16,29-6)31-22)18(25)21(2,3)11-9-8-10-17(24)28-5/h12-13,15-16H,7,9,11,14H2,1-6H3/t15?,16-,22+,23-/m1/s1. The summed E-state index contributed by atoms with van der Waals surface area (Å²) in [4.78, 5) is 50.7. The van der Waals surface area contributed by atoms with Gasteiger partial charge in [-0.25, -0.2) is 4.79 Å². The van der Waals surface area contributed by atoms with Crippen LogP contribution in [-0.4, -0.2) is 55.7 Å². The zero-order chi connectivity index (χ0) is 23.4. The van der Waals surface area contributed by atoms with Gasteiger partial charge in [-0.15, -0.1) is 0 Å². The molecule has 2 heterocycles. The van der Waals surface area contributed by atoms with Crippen LogP contribution in [-0.2, 0) is 38.1 Å². The number of methoxy groups -OCH3 is 2. The van der Waals surface area contributed by atoms with Crippen LogP contribution in [0.4, 0.5) is 0 Å². The average molecular weight is 434 g/mol. The minimum absolute atomic E-state index is 0.0818. The van der Waals surface area contributed by atoms with E-state index in [9.17, 15) is 19.2 Å². The van der Waals surface area contributed by atoms with E-state index in [4.69, 9.17) is 14.2 Å². The van der Waals surface area contributed by atoms with Crippen molar-refractivity contribution in [3.63, 3.8) is 0 Å². The third-order valence-corrected chi connectivity index (χ3v) is 5.89. The first kappa shape index (κ1) is 24.8. The highest BCUT2D eigenvalue weighted by Crippen LogP contribution is 2.47. The Bertz CT molecular complexity index is 845. The molecule has 0 saturated carbocycles. The Morgan fingerprint density at radius 1 is 1.26 bits per heavy atom. The number of hydrogen-bond acceptors (Lipinski definition) is 8. The molecule has 1 unspecified atom stereocenters. The molecular formula is C23H30O8. The van der Waals surface area contributed by atoms with E-state index in [0.717, 1.165) is 0 Å². The Kier molecular flexibility index (Phi) is 7.45. The molecule has 2 bridgehead atoms. The van der Waals surface area contributed by atoms with Crippen molar-refractivity contribution in [1.29, 1.82) is 0 Å². The molecular weight excluding hydrogens is 404 g/mol. The van der Waals surface area contributed by atoms with Gasteiger partial charge in [-0.2, -0.15) is 0 Å². The molecule has 0 amide bonds. The molecule has 0 aromatic carbocycles. The second-order valence-electron chi connectivity index (χ2n) is 8.47. The van der Waals surface area contributed by atoms with Crippen LogP contribution in [0.1, 0.15) is 47.0 Å². The minimum atomic E-state index is -1.47. The van der Waals surface area contributed by atoms with Crippen LogP contribution in [0.3, 0.4) is 0 Å². The number of carbonyl (C=O) groups excluding carboxylic acids is 4. The Balaban J connectivity index is 2.33. The number of ether oxygens (including phenoxy) is 4. The second-order valence-corrected chi connectivity index (χ2v) is 8.47. The van der Waals surface area contributed by atoms with Crippen molar-refractivity contribution >= 4 is 23.5 Å². The molecule has 1 fully saturated rings. The van der Waals surface area contributed by atoms with Gasteiger partial charge in [0.25, 0.3) is 0 Å². The molecule has 2 aliphatic heterocycles. The predicted molar refractivity (Wildman–Crippen MR) is 109 cm³/mol. The summed E-state index contributed by atoms with van der Waals surface area (Å²) in [5.74, 6) is -0.516. The van der Waals surface area contributed by atoms with Crippen LogP contribution in [0.2, 0.25) is 0 Å². The van der Waals surface area contributed by atoms with Gasteiger partial charge in [-0.1, -0.05) is 19.8 Å². The van der Waals surface area contributed by atoms with Crippen molar-refractivity contribution in [1.82, 2.24) is 0 Å². The normalized spacial score (nSPS) is 29.5. The number of ketones is 2. The molecule has 0 radical (unpaired) electrons. The van der Waals surface area contributed by atoms with Gasteiger partial charge in [0.05, 0.1) is 19.6 Å². The van der Waals surface area contributed by atoms with Crippen LogP contribution in [0.15, 0.2) is 12.2 Å².